The third-order valence-corrected chi connectivity index (χ3v) is 2.66. The zero-order valence-corrected chi connectivity index (χ0v) is 9.10. The summed E-state index contributed by atoms with van der Waals surface area (Å²) in [6.45, 7) is 0. The SMILES string of the molecule is COC(=O)c1cc2c(nn1)[nH]c1ccccc12. The summed E-state index contributed by atoms with van der Waals surface area (Å²) < 4.78 is 4.62. The summed E-state index contributed by atoms with van der Waals surface area (Å²) in [6.07, 6.45) is 0. The van der Waals surface area contributed by atoms with Crippen molar-refractivity contribution in [2.45, 2.75) is 0 Å². The summed E-state index contributed by atoms with van der Waals surface area (Å²) in [5.41, 5.74) is 1.85. The van der Waals surface area contributed by atoms with Crippen LogP contribution in [0.15, 0.2) is 30.3 Å². The number of aromatic amines is 1. The number of fused-ring (bicyclic) bond motifs is 3. The lowest BCUT2D eigenvalue weighted by atomic mass is 10.2. The molecule has 0 saturated carbocycles. The van der Waals surface area contributed by atoms with E-state index in [9.17, 15) is 4.79 Å². The molecular weight excluding hydrogens is 218 g/mol. The Labute approximate surface area is 96.4 Å². The van der Waals surface area contributed by atoms with Crippen molar-refractivity contribution < 1.29 is 9.53 Å². The molecule has 0 atom stereocenters. The van der Waals surface area contributed by atoms with Gasteiger partial charge in [0.05, 0.1) is 7.11 Å². The number of para-hydroxylation sites is 1. The molecule has 0 aliphatic heterocycles. The molecule has 0 unspecified atom stereocenters. The third kappa shape index (κ3) is 1.44. The zero-order chi connectivity index (χ0) is 11.8. The number of nitrogens with zero attached hydrogens (tertiary/aromatic N) is 2. The van der Waals surface area contributed by atoms with Crippen LogP contribution in [0.3, 0.4) is 0 Å². The van der Waals surface area contributed by atoms with Gasteiger partial charge < -0.3 is 9.72 Å². The molecule has 0 aliphatic rings. The van der Waals surface area contributed by atoms with Crippen LogP contribution in [-0.2, 0) is 4.74 Å². The van der Waals surface area contributed by atoms with E-state index in [1.807, 2.05) is 24.3 Å². The van der Waals surface area contributed by atoms with Gasteiger partial charge in [0.15, 0.2) is 11.3 Å². The van der Waals surface area contributed by atoms with Crippen LogP contribution in [0, 0.1) is 0 Å². The summed E-state index contributed by atoms with van der Waals surface area (Å²) in [6, 6.07) is 9.49. The Balaban J connectivity index is 2.33. The number of aromatic nitrogens is 3. The number of hydrogen-bond donors (Lipinski definition) is 1. The Kier molecular flexibility index (Phi) is 2.04. The maximum Gasteiger partial charge on any atom is 0.358 e. The maximum atomic E-state index is 11.4. The molecule has 17 heavy (non-hydrogen) atoms. The average Bonchev–Trinajstić information content (AvgIpc) is 2.75. The Morgan fingerprint density at radius 2 is 2.06 bits per heavy atom. The molecular formula is C12H9N3O2. The molecule has 0 saturated heterocycles. The molecule has 3 aromatic rings. The molecule has 5 heteroatoms. The van der Waals surface area contributed by atoms with Crippen LogP contribution in [0.4, 0.5) is 0 Å². The second kappa shape index (κ2) is 3.55. The van der Waals surface area contributed by atoms with Gasteiger partial charge in [-0.2, -0.15) is 0 Å². The molecule has 0 fully saturated rings. The second-order valence-corrected chi connectivity index (χ2v) is 3.65. The fraction of sp³-hybridized carbons (Fsp3) is 0.0833. The number of ether oxygens (including phenoxy) is 1. The monoisotopic (exact) mass is 227 g/mol. The number of nitrogens with one attached hydrogen (secondary N) is 1. The first-order chi connectivity index (χ1) is 8.29. The first-order valence-corrected chi connectivity index (χ1v) is 5.12. The molecule has 0 radical (unpaired) electrons. The number of methoxy groups -OCH3 is 1. The summed E-state index contributed by atoms with van der Waals surface area (Å²) in [4.78, 5) is 14.5. The van der Waals surface area contributed by atoms with E-state index in [1.54, 1.807) is 6.07 Å². The molecule has 1 N–H and O–H groups in total. The molecule has 2 aromatic heterocycles. The van der Waals surface area contributed by atoms with Gasteiger partial charge in [-0.3, -0.25) is 0 Å². The Morgan fingerprint density at radius 1 is 1.24 bits per heavy atom. The van der Waals surface area contributed by atoms with E-state index in [4.69, 9.17) is 0 Å². The Hall–Kier alpha value is -2.43. The lowest BCUT2D eigenvalue weighted by Gasteiger charge is -1.96. The predicted molar refractivity (Wildman–Crippen MR) is 62.7 cm³/mol. The van der Waals surface area contributed by atoms with Gasteiger partial charge in [0.1, 0.15) is 0 Å². The van der Waals surface area contributed by atoms with Crippen molar-refractivity contribution in [1.29, 1.82) is 0 Å². The number of carbonyl (C=O) groups is 1. The van der Waals surface area contributed by atoms with Crippen molar-refractivity contribution in [3.8, 4) is 0 Å². The average molecular weight is 227 g/mol. The van der Waals surface area contributed by atoms with Gasteiger partial charge in [0, 0.05) is 16.3 Å². The van der Waals surface area contributed by atoms with Crippen LogP contribution >= 0.6 is 0 Å². The maximum absolute atomic E-state index is 11.4. The topological polar surface area (TPSA) is 67.9 Å². The summed E-state index contributed by atoms with van der Waals surface area (Å²) >= 11 is 0. The highest BCUT2D eigenvalue weighted by Crippen LogP contribution is 2.23. The Bertz CT molecular complexity index is 718. The van der Waals surface area contributed by atoms with Crippen LogP contribution in [0.25, 0.3) is 21.9 Å². The minimum absolute atomic E-state index is 0.213. The molecule has 0 spiro atoms. The van der Waals surface area contributed by atoms with Gasteiger partial charge in [-0.15, -0.1) is 10.2 Å². The van der Waals surface area contributed by atoms with E-state index in [0.717, 1.165) is 16.3 Å². The predicted octanol–water partition coefficient (Wildman–Crippen LogP) is 1.90. The first kappa shape index (κ1) is 9.77. The standard InChI is InChI=1S/C12H9N3O2/c1-17-12(16)10-6-8-7-4-2-3-5-9(7)13-11(8)15-14-10/h2-6H,1H3,(H,13,15). The van der Waals surface area contributed by atoms with Crippen molar-refractivity contribution in [1.82, 2.24) is 15.2 Å². The minimum atomic E-state index is -0.482. The van der Waals surface area contributed by atoms with Crippen LogP contribution in [0.2, 0.25) is 0 Å². The molecule has 5 nitrogen and oxygen atoms in total. The van der Waals surface area contributed by atoms with Crippen LogP contribution < -0.4 is 0 Å². The van der Waals surface area contributed by atoms with E-state index >= 15 is 0 Å². The van der Waals surface area contributed by atoms with Crippen molar-refractivity contribution in [3.05, 3.63) is 36.0 Å². The number of rotatable bonds is 1. The molecule has 0 aliphatic carbocycles. The van der Waals surface area contributed by atoms with E-state index in [-0.39, 0.29) is 5.69 Å². The van der Waals surface area contributed by atoms with E-state index in [1.165, 1.54) is 7.11 Å². The van der Waals surface area contributed by atoms with Crippen molar-refractivity contribution in [2.75, 3.05) is 7.11 Å². The summed E-state index contributed by atoms with van der Waals surface area (Å²) in [5.74, 6) is -0.482. The highest BCUT2D eigenvalue weighted by molar-refractivity contribution is 6.07. The van der Waals surface area contributed by atoms with Gasteiger partial charge in [-0.25, -0.2) is 4.79 Å². The third-order valence-electron chi connectivity index (χ3n) is 2.66. The largest absolute Gasteiger partial charge is 0.464 e. The van der Waals surface area contributed by atoms with Crippen molar-refractivity contribution in [3.63, 3.8) is 0 Å². The minimum Gasteiger partial charge on any atom is -0.464 e. The molecule has 0 bridgehead atoms. The van der Waals surface area contributed by atoms with Crippen LogP contribution in [0.1, 0.15) is 10.5 Å². The fourth-order valence-corrected chi connectivity index (χ4v) is 1.85. The van der Waals surface area contributed by atoms with E-state index < -0.39 is 5.97 Å². The summed E-state index contributed by atoms with van der Waals surface area (Å²) in [7, 11) is 1.32. The zero-order valence-electron chi connectivity index (χ0n) is 9.10. The quantitative estimate of drug-likeness (QED) is 0.644. The van der Waals surface area contributed by atoms with Gasteiger partial charge in [0.25, 0.3) is 0 Å². The molecule has 3 rings (SSSR count). The Morgan fingerprint density at radius 3 is 2.88 bits per heavy atom. The first-order valence-electron chi connectivity index (χ1n) is 5.12. The highest BCUT2D eigenvalue weighted by Gasteiger charge is 2.12. The lowest BCUT2D eigenvalue weighted by molar-refractivity contribution is 0.0593. The van der Waals surface area contributed by atoms with Crippen molar-refractivity contribution in [2.24, 2.45) is 0 Å². The van der Waals surface area contributed by atoms with E-state index in [2.05, 4.69) is 19.9 Å². The number of carbonyl (C=O) groups excluding carboxylic acids is 1. The number of H-pyrrole nitrogens is 1. The highest BCUT2D eigenvalue weighted by atomic mass is 16.5. The van der Waals surface area contributed by atoms with Crippen molar-refractivity contribution >= 4 is 27.9 Å². The van der Waals surface area contributed by atoms with Gasteiger partial charge in [-0.05, 0) is 12.1 Å². The number of benzene rings is 1. The van der Waals surface area contributed by atoms with Gasteiger partial charge >= 0.3 is 5.97 Å². The summed E-state index contributed by atoms with van der Waals surface area (Å²) in [5, 5.41) is 9.69. The smallest absolute Gasteiger partial charge is 0.358 e. The lowest BCUT2D eigenvalue weighted by Crippen LogP contribution is -2.05. The molecule has 84 valence electrons. The molecule has 1 aromatic carbocycles. The normalized spacial score (nSPS) is 10.9. The fourth-order valence-electron chi connectivity index (χ4n) is 1.85. The number of hydrogen-bond acceptors (Lipinski definition) is 4. The van der Waals surface area contributed by atoms with E-state index in [0.29, 0.717) is 5.65 Å². The van der Waals surface area contributed by atoms with Crippen LogP contribution in [0.5, 0.6) is 0 Å². The van der Waals surface area contributed by atoms with Crippen LogP contribution in [-0.4, -0.2) is 28.3 Å². The molecule has 0 amide bonds. The molecule has 2 heterocycles. The van der Waals surface area contributed by atoms with Gasteiger partial charge in [-0.1, -0.05) is 18.2 Å². The van der Waals surface area contributed by atoms with Gasteiger partial charge in [0.2, 0.25) is 0 Å². The second-order valence-electron chi connectivity index (χ2n) is 3.65. The number of esters is 1.